The van der Waals surface area contributed by atoms with Gasteiger partial charge >= 0.3 is 0 Å². The molecular weight excluding hydrogens is 288 g/mol. The minimum absolute atomic E-state index is 0.188. The Morgan fingerprint density at radius 2 is 1.87 bits per heavy atom. The Morgan fingerprint density at radius 1 is 1.17 bits per heavy atom. The minimum atomic E-state index is -0.209. The second kappa shape index (κ2) is 7.08. The van der Waals surface area contributed by atoms with Crippen LogP contribution in [-0.4, -0.2) is 35.1 Å². The maximum Gasteiger partial charge on any atom is 0.0544 e. The minimum Gasteiger partial charge on any atom is -0.400 e. The van der Waals surface area contributed by atoms with Gasteiger partial charge in [-0.05, 0) is 61.3 Å². The third kappa shape index (κ3) is 3.42. The summed E-state index contributed by atoms with van der Waals surface area (Å²) in [6.45, 7) is 7.22. The molecule has 4 unspecified atom stereocenters. The van der Waals surface area contributed by atoms with E-state index in [1.807, 2.05) is 0 Å². The molecule has 1 fully saturated rings. The molecule has 3 aliphatic carbocycles. The van der Waals surface area contributed by atoms with Crippen LogP contribution in [0.1, 0.15) is 59.3 Å². The van der Waals surface area contributed by atoms with Crippen LogP contribution in [0, 0.1) is 22.7 Å². The van der Waals surface area contributed by atoms with Crippen molar-refractivity contribution in [3.8, 4) is 0 Å². The molecule has 0 amide bonds. The van der Waals surface area contributed by atoms with Crippen LogP contribution in [0.15, 0.2) is 23.3 Å². The van der Waals surface area contributed by atoms with Gasteiger partial charge in [-0.1, -0.05) is 38.5 Å². The zero-order valence-electron chi connectivity index (χ0n) is 15.2. The lowest BCUT2D eigenvalue weighted by molar-refractivity contribution is -0.0453. The first kappa shape index (κ1) is 18.7. The summed E-state index contributed by atoms with van der Waals surface area (Å²) in [5, 5.41) is 26.7. The Labute approximate surface area is 141 Å². The molecule has 132 valence electrons. The molecule has 0 heterocycles. The number of rotatable bonds is 2. The van der Waals surface area contributed by atoms with Crippen LogP contribution in [0.3, 0.4) is 0 Å². The quantitative estimate of drug-likeness (QED) is 0.730. The molecule has 3 aliphatic rings. The smallest absolute Gasteiger partial charge is 0.0544 e. The molecular formula is C20H34O3. The zero-order valence-corrected chi connectivity index (χ0v) is 15.2. The van der Waals surface area contributed by atoms with Crippen molar-refractivity contribution < 1.29 is 15.3 Å². The van der Waals surface area contributed by atoms with E-state index in [2.05, 4.69) is 32.9 Å². The van der Waals surface area contributed by atoms with E-state index < -0.39 is 0 Å². The predicted octanol–water partition coefficient (Wildman–Crippen LogP) is 3.45. The highest BCUT2D eigenvalue weighted by Gasteiger charge is 2.46. The van der Waals surface area contributed by atoms with E-state index in [1.165, 1.54) is 19.3 Å². The Hall–Kier alpha value is -0.640. The fourth-order valence-corrected chi connectivity index (χ4v) is 5.06. The van der Waals surface area contributed by atoms with Gasteiger partial charge in [-0.2, -0.15) is 0 Å². The van der Waals surface area contributed by atoms with E-state index in [0.29, 0.717) is 5.92 Å². The van der Waals surface area contributed by atoms with Crippen molar-refractivity contribution in [1.82, 2.24) is 0 Å². The Kier molecular flexibility index (Phi) is 5.76. The van der Waals surface area contributed by atoms with Crippen molar-refractivity contribution in [2.45, 2.75) is 65.4 Å². The van der Waals surface area contributed by atoms with Gasteiger partial charge in [0.2, 0.25) is 0 Å². The van der Waals surface area contributed by atoms with Crippen LogP contribution in [0.2, 0.25) is 0 Å². The summed E-state index contributed by atoms with van der Waals surface area (Å²) < 4.78 is 0. The van der Waals surface area contributed by atoms with Gasteiger partial charge in [0.05, 0.1) is 6.10 Å². The lowest BCUT2D eigenvalue weighted by Crippen LogP contribution is -2.44. The van der Waals surface area contributed by atoms with Crippen LogP contribution < -0.4 is 0 Å². The van der Waals surface area contributed by atoms with E-state index in [1.54, 1.807) is 11.1 Å². The summed E-state index contributed by atoms with van der Waals surface area (Å²) in [5.41, 5.74) is 3.63. The van der Waals surface area contributed by atoms with Crippen molar-refractivity contribution in [2.75, 3.05) is 13.7 Å². The largest absolute Gasteiger partial charge is 0.400 e. The molecule has 4 atom stereocenters. The van der Waals surface area contributed by atoms with Crippen molar-refractivity contribution >= 4 is 0 Å². The number of hydrogen-bond donors (Lipinski definition) is 3. The zero-order chi connectivity index (χ0) is 17.3. The van der Waals surface area contributed by atoms with E-state index in [0.717, 1.165) is 26.4 Å². The predicted molar refractivity (Wildman–Crippen MR) is 94.0 cm³/mol. The maximum atomic E-state index is 9.93. The molecule has 0 radical (unpaired) electrons. The molecule has 0 aromatic rings. The Balaban J connectivity index is 0.000000924. The van der Waals surface area contributed by atoms with Gasteiger partial charge in [0, 0.05) is 19.1 Å². The summed E-state index contributed by atoms with van der Waals surface area (Å²) >= 11 is 0. The van der Waals surface area contributed by atoms with E-state index in [-0.39, 0.29) is 29.5 Å². The summed E-state index contributed by atoms with van der Waals surface area (Å²) in [6.07, 6.45) is 10.8. The first-order valence-electron chi connectivity index (χ1n) is 9.02. The van der Waals surface area contributed by atoms with Gasteiger partial charge in [-0.3, -0.25) is 0 Å². The second-order valence-electron chi connectivity index (χ2n) is 8.31. The van der Waals surface area contributed by atoms with Crippen LogP contribution in [0.4, 0.5) is 0 Å². The van der Waals surface area contributed by atoms with Crippen LogP contribution in [-0.2, 0) is 0 Å². The first-order chi connectivity index (χ1) is 10.9. The Bertz CT molecular complexity index is 477. The number of allylic oxidation sites excluding steroid dienone is 4. The average molecular weight is 322 g/mol. The molecule has 23 heavy (non-hydrogen) atoms. The average Bonchev–Trinajstić information content (AvgIpc) is 2.86. The normalized spacial score (nSPS) is 38.8. The summed E-state index contributed by atoms with van der Waals surface area (Å²) in [6, 6.07) is 0. The van der Waals surface area contributed by atoms with Crippen molar-refractivity contribution in [3.63, 3.8) is 0 Å². The number of hydrogen-bond acceptors (Lipinski definition) is 3. The molecule has 3 rings (SSSR count). The SMILES string of the molecule is CC1(C)C=CC2=C1CCC(C1(C)CCC(O)CC1CO)C2.CO. The molecule has 0 saturated heterocycles. The lowest BCUT2D eigenvalue weighted by Gasteiger charge is -2.49. The second-order valence-corrected chi connectivity index (χ2v) is 8.31. The highest BCUT2D eigenvalue weighted by atomic mass is 16.3. The highest BCUT2D eigenvalue weighted by molar-refractivity contribution is 5.42. The third-order valence-electron chi connectivity index (χ3n) is 6.73. The van der Waals surface area contributed by atoms with Crippen LogP contribution in [0.25, 0.3) is 0 Å². The van der Waals surface area contributed by atoms with E-state index in [4.69, 9.17) is 5.11 Å². The van der Waals surface area contributed by atoms with Crippen molar-refractivity contribution in [3.05, 3.63) is 23.3 Å². The van der Waals surface area contributed by atoms with Gasteiger partial charge in [-0.25, -0.2) is 0 Å². The van der Waals surface area contributed by atoms with E-state index >= 15 is 0 Å². The summed E-state index contributed by atoms with van der Waals surface area (Å²) in [7, 11) is 1.00. The molecule has 0 bridgehead atoms. The summed E-state index contributed by atoms with van der Waals surface area (Å²) in [4.78, 5) is 0. The molecule has 0 aromatic carbocycles. The number of aliphatic hydroxyl groups is 3. The van der Waals surface area contributed by atoms with E-state index in [9.17, 15) is 10.2 Å². The maximum absolute atomic E-state index is 9.93. The fourth-order valence-electron chi connectivity index (χ4n) is 5.06. The van der Waals surface area contributed by atoms with Gasteiger partial charge in [0.15, 0.2) is 0 Å². The fraction of sp³-hybridized carbons (Fsp3) is 0.800. The van der Waals surface area contributed by atoms with Gasteiger partial charge in [0.25, 0.3) is 0 Å². The lowest BCUT2D eigenvalue weighted by atomic mass is 9.56. The van der Waals surface area contributed by atoms with Gasteiger partial charge in [-0.15, -0.1) is 0 Å². The molecule has 3 heteroatoms. The van der Waals surface area contributed by atoms with Gasteiger partial charge < -0.3 is 15.3 Å². The van der Waals surface area contributed by atoms with Crippen LogP contribution in [0.5, 0.6) is 0 Å². The number of aliphatic hydroxyl groups excluding tert-OH is 3. The molecule has 0 aromatic heterocycles. The highest BCUT2D eigenvalue weighted by Crippen LogP contribution is 2.55. The van der Waals surface area contributed by atoms with Gasteiger partial charge in [0.1, 0.15) is 0 Å². The third-order valence-corrected chi connectivity index (χ3v) is 6.73. The van der Waals surface area contributed by atoms with Crippen molar-refractivity contribution in [2.24, 2.45) is 22.7 Å². The molecule has 0 spiro atoms. The van der Waals surface area contributed by atoms with Crippen LogP contribution >= 0.6 is 0 Å². The molecule has 3 nitrogen and oxygen atoms in total. The summed E-state index contributed by atoms with van der Waals surface area (Å²) in [5.74, 6) is 0.909. The molecule has 3 N–H and O–H groups in total. The standard InChI is InChI=1S/C19H30O2.CH4O/c1-18(2)8-6-13-10-14(4-5-17(13)18)19(3)9-7-16(21)11-15(19)12-20;1-2/h6,8,14-16,20-21H,4-5,7,9-12H2,1-3H3;2H,1H3. The van der Waals surface area contributed by atoms with Crippen molar-refractivity contribution in [1.29, 1.82) is 0 Å². The Morgan fingerprint density at radius 3 is 2.52 bits per heavy atom. The molecule has 1 saturated carbocycles. The molecule has 0 aliphatic heterocycles. The first-order valence-corrected chi connectivity index (χ1v) is 9.02. The topological polar surface area (TPSA) is 60.7 Å². The monoisotopic (exact) mass is 322 g/mol.